The summed E-state index contributed by atoms with van der Waals surface area (Å²) in [6, 6.07) is 0. The third-order valence-corrected chi connectivity index (χ3v) is 8.37. The van der Waals surface area contributed by atoms with Crippen LogP contribution in [0.2, 0.25) is 0 Å². The summed E-state index contributed by atoms with van der Waals surface area (Å²) in [6.45, 7) is 1.44. The molecule has 282 valence electrons. The van der Waals surface area contributed by atoms with Gasteiger partial charge in [-0.25, -0.2) is 0 Å². The molecule has 2 aliphatic rings. The van der Waals surface area contributed by atoms with Crippen LogP contribution in [0.15, 0.2) is 0 Å². The van der Waals surface area contributed by atoms with E-state index in [-0.39, 0.29) is 103 Å². The van der Waals surface area contributed by atoms with E-state index in [4.69, 9.17) is 0 Å². The first-order chi connectivity index (χ1) is 23.7. The number of carbonyl (C=O) groups is 7. The Morgan fingerprint density at radius 2 is 1.02 bits per heavy atom. The van der Waals surface area contributed by atoms with E-state index >= 15 is 0 Å². The highest BCUT2D eigenvalue weighted by Gasteiger charge is 2.36. The molecule has 21 heteroatoms. The van der Waals surface area contributed by atoms with Crippen molar-refractivity contribution in [1.82, 2.24) is 40.4 Å². The van der Waals surface area contributed by atoms with E-state index in [0.717, 1.165) is 0 Å². The van der Waals surface area contributed by atoms with Crippen molar-refractivity contribution < 1.29 is 58.9 Å². The summed E-state index contributed by atoms with van der Waals surface area (Å²) in [6.07, 6.45) is 2.07. The van der Waals surface area contributed by atoms with Gasteiger partial charge in [-0.1, -0.05) is 0 Å². The second-order valence-electron chi connectivity index (χ2n) is 12.4. The molecule has 2 aliphatic heterocycles. The maximum atomic E-state index is 12.8. The van der Waals surface area contributed by atoms with Crippen LogP contribution in [0, 0.1) is 0 Å². The predicted molar refractivity (Wildman–Crippen MR) is 176 cm³/mol. The van der Waals surface area contributed by atoms with E-state index < -0.39 is 42.8 Å². The number of nitrogens with zero attached hydrogens (tertiary/aromatic N) is 5. The van der Waals surface area contributed by atoms with Crippen molar-refractivity contribution in [2.45, 2.75) is 38.0 Å². The largest absolute Gasteiger partial charge is 0.480 e. The maximum Gasteiger partial charge on any atom is 0.475 e. The van der Waals surface area contributed by atoms with Gasteiger partial charge in [0, 0.05) is 71.9 Å². The Morgan fingerprint density at radius 1 is 0.560 bits per heavy atom. The van der Waals surface area contributed by atoms with Gasteiger partial charge in [-0.15, -0.1) is 0 Å². The highest BCUT2D eigenvalue weighted by Crippen LogP contribution is 2.17. The van der Waals surface area contributed by atoms with Gasteiger partial charge < -0.3 is 46.2 Å². The zero-order valence-corrected chi connectivity index (χ0v) is 28.3. The summed E-state index contributed by atoms with van der Waals surface area (Å²) in [5.41, 5.74) is 0. The smallest absolute Gasteiger partial charge is 0.475 e. The van der Waals surface area contributed by atoms with Gasteiger partial charge in [-0.3, -0.25) is 53.2 Å². The van der Waals surface area contributed by atoms with Gasteiger partial charge >= 0.3 is 25.0 Å². The quantitative estimate of drug-likeness (QED) is 0.0488. The highest BCUT2D eigenvalue weighted by atomic mass is 16.4. The molecule has 0 aromatic rings. The van der Waals surface area contributed by atoms with E-state index in [1.54, 1.807) is 19.6 Å². The summed E-state index contributed by atoms with van der Waals surface area (Å²) in [5, 5.41) is 54.4. The molecule has 2 saturated heterocycles. The first-order valence-electron chi connectivity index (χ1n) is 16.7. The molecule has 8 N–H and O–H groups in total. The number of unbranched alkanes of at least 4 members (excludes halogenated alkanes) is 1. The van der Waals surface area contributed by atoms with Crippen LogP contribution in [0.25, 0.3) is 0 Å². The first kappa shape index (κ1) is 42.3. The van der Waals surface area contributed by atoms with Crippen LogP contribution in [-0.4, -0.2) is 209 Å². The zero-order chi connectivity index (χ0) is 37.1. The monoisotopic (exact) mass is 714 g/mol. The number of carbonyl (C=O) groups excluding carboxylic acids is 4. The molecular formula is C29H51BN8O12. The van der Waals surface area contributed by atoms with Gasteiger partial charge in [0.2, 0.25) is 23.6 Å². The number of amides is 4. The summed E-state index contributed by atoms with van der Waals surface area (Å²) >= 11 is 0. The predicted octanol–water partition coefficient (Wildman–Crippen LogP) is -5.02. The van der Waals surface area contributed by atoms with Gasteiger partial charge in [0.15, 0.2) is 0 Å². The first-order valence-corrected chi connectivity index (χ1v) is 16.7. The molecule has 2 heterocycles. The Kier molecular flexibility index (Phi) is 19.2. The second kappa shape index (κ2) is 22.8. The SMILES string of the molecule is O=C(O)CN1CCN(CC(=O)O)CCN(CC(=O)NCCCCC(=O)NCC(=O)NCC(=O)N2CCC[C@H]2B(O)O)CCN(CC(=O)O)CC1. The lowest BCUT2D eigenvalue weighted by atomic mass is 9.78. The molecule has 2 rings (SSSR count). The minimum Gasteiger partial charge on any atom is -0.480 e. The summed E-state index contributed by atoms with van der Waals surface area (Å²) < 4.78 is 0. The van der Waals surface area contributed by atoms with Crippen molar-refractivity contribution in [1.29, 1.82) is 0 Å². The number of hydrogen-bond donors (Lipinski definition) is 8. The third kappa shape index (κ3) is 17.7. The van der Waals surface area contributed by atoms with Crippen molar-refractivity contribution in [3.8, 4) is 0 Å². The van der Waals surface area contributed by atoms with Gasteiger partial charge in [-0.2, -0.15) is 0 Å². The van der Waals surface area contributed by atoms with Crippen LogP contribution >= 0.6 is 0 Å². The number of rotatable bonds is 18. The average Bonchev–Trinajstić information content (AvgIpc) is 3.54. The Labute approximate surface area is 290 Å². The van der Waals surface area contributed by atoms with E-state index in [2.05, 4.69) is 16.0 Å². The lowest BCUT2D eigenvalue weighted by molar-refractivity contribution is -0.140. The molecule has 0 bridgehead atoms. The van der Waals surface area contributed by atoms with Gasteiger partial charge in [0.05, 0.1) is 45.2 Å². The van der Waals surface area contributed by atoms with Crippen LogP contribution in [0.4, 0.5) is 0 Å². The molecule has 0 radical (unpaired) electrons. The summed E-state index contributed by atoms with van der Waals surface area (Å²) in [7, 11) is -1.66. The fourth-order valence-electron chi connectivity index (χ4n) is 5.70. The molecule has 2 fully saturated rings. The standard InChI is InChI=1S/C29H51BN8O12/c39-23(32-16-24(40)33-17-26(42)38-7-3-4-22(38)30(49)50)5-1-2-6-31-25(41)18-34-8-10-35(19-27(43)44)12-14-37(21-29(47)48)15-13-36(11-9-34)20-28(45)46/h22,49-50H,1-21H2,(H,31,41)(H,32,39)(H,33,40)(H,43,44)(H,45,46)(H,47,48)/t22-/m0/s1. The Morgan fingerprint density at radius 3 is 1.48 bits per heavy atom. The fourth-order valence-corrected chi connectivity index (χ4v) is 5.70. The normalized spacial score (nSPS) is 18.8. The molecular weight excluding hydrogens is 663 g/mol. The van der Waals surface area contributed by atoms with Crippen LogP contribution in [0.1, 0.15) is 32.1 Å². The fraction of sp³-hybridized carbons (Fsp3) is 0.759. The van der Waals surface area contributed by atoms with Gasteiger partial charge in [0.25, 0.3) is 0 Å². The molecule has 0 unspecified atom stereocenters. The number of hydrogen-bond acceptors (Lipinski definition) is 13. The van der Waals surface area contributed by atoms with Crippen LogP contribution < -0.4 is 16.0 Å². The molecule has 0 aromatic carbocycles. The molecule has 1 atom stereocenters. The molecule has 0 spiro atoms. The lowest BCUT2D eigenvalue weighted by Gasteiger charge is -2.32. The minimum absolute atomic E-state index is 0.0237. The Hall–Kier alpha value is -3.89. The van der Waals surface area contributed by atoms with Crippen LogP contribution in [0.5, 0.6) is 0 Å². The summed E-state index contributed by atoms with van der Waals surface area (Å²) in [5.74, 6) is -5.54. The van der Waals surface area contributed by atoms with E-state index in [1.165, 1.54) is 4.90 Å². The number of likely N-dealkylation sites (tertiary alicyclic amines) is 1. The highest BCUT2D eigenvalue weighted by molar-refractivity contribution is 6.43. The molecule has 20 nitrogen and oxygen atoms in total. The van der Waals surface area contributed by atoms with Gasteiger partial charge in [-0.05, 0) is 25.7 Å². The van der Waals surface area contributed by atoms with Crippen molar-refractivity contribution in [3.05, 3.63) is 0 Å². The Bertz CT molecular complexity index is 1130. The second-order valence-corrected chi connectivity index (χ2v) is 12.4. The number of carboxylic acids is 3. The van der Waals surface area contributed by atoms with E-state index in [9.17, 15) is 58.9 Å². The molecule has 0 saturated carbocycles. The maximum absolute atomic E-state index is 12.8. The van der Waals surface area contributed by atoms with E-state index in [1.807, 2.05) is 0 Å². The van der Waals surface area contributed by atoms with Crippen LogP contribution in [-0.2, 0) is 33.6 Å². The van der Waals surface area contributed by atoms with Gasteiger partial charge in [0.1, 0.15) is 0 Å². The molecule has 0 aliphatic carbocycles. The topological polar surface area (TPSA) is 273 Å². The van der Waals surface area contributed by atoms with E-state index in [0.29, 0.717) is 45.3 Å². The lowest BCUT2D eigenvalue weighted by Crippen LogP contribution is -2.49. The number of nitrogens with one attached hydrogen (secondary N) is 3. The number of carboxylic acid groups (broad SMARTS) is 3. The molecule has 0 aromatic heterocycles. The molecule has 50 heavy (non-hydrogen) atoms. The van der Waals surface area contributed by atoms with Crippen LogP contribution in [0.3, 0.4) is 0 Å². The van der Waals surface area contributed by atoms with Crippen molar-refractivity contribution in [2.75, 3.05) is 105 Å². The minimum atomic E-state index is -1.66. The summed E-state index contributed by atoms with van der Waals surface area (Å²) in [4.78, 5) is 91.6. The third-order valence-electron chi connectivity index (χ3n) is 8.37. The number of aliphatic carboxylic acids is 3. The zero-order valence-electron chi connectivity index (χ0n) is 28.3. The average molecular weight is 715 g/mol. The van der Waals surface area contributed by atoms with Crippen molar-refractivity contribution in [3.63, 3.8) is 0 Å². The molecule has 4 amide bonds. The van der Waals surface area contributed by atoms with Crippen molar-refractivity contribution in [2.24, 2.45) is 0 Å². The van der Waals surface area contributed by atoms with Crippen molar-refractivity contribution >= 4 is 48.7 Å². The Balaban J connectivity index is 1.75.